The van der Waals surface area contributed by atoms with Gasteiger partial charge in [0.15, 0.2) is 9.84 Å². The number of sulfone groups is 1. The maximum Gasteiger partial charge on any atom is 0.179 e. The Morgan fingerprint density at radius 2 is 1.46 bits per heavy atom. The van der Waals surface area contributed by atoms with Gasteiger partial charge in [0.2, 0.25) is 0 Å². The minimum absolute atomic E-state index is 0.0311. The smallest absolute Gasteiger partial charge is 0.179 e. The van der Waals surface area contributed by atoms with E-state index in [2.05, 4.69) is 20.8 Å². The highest BCUT2D eigenvalue weighted by atomic mass is 32.2. The van der Waals surface area contributed by atoms with Crippen LogP contribution in [0.5, 0.6) is 5.75 Å². The van der Waals surface area contributed by atoms with Crippen LogP contribution in [-0.2, 0) is 19.3 Å². The molecule has 2 aromatic carbocycles. The number of nitrogens with zero attached hydrogens (tertiary/aromatic N) is 1. The fourth-order valence-electron chi connectivity index (χ4n) is 5.85. The van der Waals surface area contributed by atoms with Crippen molar-refractivity contribution in [1.29, 1.82) is 0 Å². The number of rotatable bonds is 17. The number of hydrogen-bond donors (Lipinski definition) is 1. The molecular weight excluding hydrogens is 538 g/mol. The first kappa shape index (κ1) is 33.4. The maximum atomic E-state index is 14.0. The highest BCUT2D eigenvalue weighted by Crippen LogP contribution is 2.50. The zero-order chi connectivity index (χ0) is 29.9. The van der Waals surface area contributed by atoms with E-state index in [-0.39, 0.29) is 5.75 Å². The molecule has 1 aliphatic heterocycles. The summed E-state index contributed by atoms with van der Waals surface area (Å²) in [6.45, 7) is 9.06. The first-order valence-corrected chi connectivity index (χ1v) is 16.9. The van der Waals surface area contributed by atoms with E-state index >= 15 is 0 Å². The van der Waals surface area contributed by atoms with Gasteiger partial charge in [-0.3, -0.25) is 0 Å². The van der Waals surface area contributed by atoms with Gasteiger partial charge in [0, 0.05) is 37.7 Å². The molecule has 2 atom stereocenters. The highest BCUT2D eigenvalue weighted by Gasteiger charge is 2.49. The number of aliphatic hydroxyl groups is 1. The zero-order valence-corrected chi connectivity index (χ0v) is 26.5. The Morgan fingerprint density at radius 1 is 0.854 bits per heavy atom. The van der Waals surface area contributed by atoms with Crippen LogP contribution in [0, 0.1) is 5.41 Å². The largest absolute Gasteiger partial charge is 0.491 e. The summed E-state index contributed by atoms with van der Waals surface area (Å²) in [5.41, 5.74) is 1.75. The van der Waals surface area contributed by atoms with Crippen LogP contribution in [0.15, 0.2) is 47.4 Å². The summed E-state index contributed by atoms with van der Waals surface area (Å²) >= 11 is 0. The van der Waals surface area contributed by atoms with Gasteiger partial charge in [-0.15, -0.1) is 0 Å². The van der Waals surface area contributed by atoms with Crippen molar-refractivity contribution in [2.24, 2.45) is 5.41 Å². The first-order chi connectivity index (χ1) is 19.7. The molecule has 0 unspecified atom stereocenters. The summed E-state index contributed by atoms with van der Waals surface area (Å²) in [5, 5.41) is 12.3. The monoisotopic (exact) mass is 589 g/mol. The van der Waals surface area contributed by atoms with E-state index in [1.165, 1.54) is 0 Å². The maximum absolute atomic E-state index is 14.0. The molecule has 0 spiro atoms. The van der Waals surface area contributed by atoms with Crippen LogP contribution >= 0.6 is 0 Å². The normalized spacial score (nSPS) is 19.4. The highest BCUT2D eigenvalue weighted by molar-refractivity contribution is 7.91. The standard InChI is InChI=1S/C33H51NO6S/c1-6-9-17-33(18-10-7-2)25-41(36,37)30-16-13-27(34(4)5)24-29(30)31(32(33)35)26-11-14-28(15-12-26)40-23-22-39-21-20-38-19-8-3/h11-16,24,31-32,35H,6-10,17-23,25H2,1-5H3/t31-,32-/m1/s1. The third-order valence-electron chi connectivity index (χ3n) is 8.11. The van der Waals surface area contributed by atoms with E-state index in [9.17, 15) is 13.5 Å². The Hall–Kier alpha value is -2.13. The van der Waals surface area contributed by atoms with Crippen molar-refractivity contribution < 1.29 is 27.7 Å². The van der Waals surface area contributed by atoms with Crippen molar-refractivity contribution in [3.63, 3.8) is 0 Å². The van der Waals surface area contributed by atoms with E-state index in [0.29, 0.717) is 55.5 Å². The zero-order valence-electron chi connectivity index (χ0n) is 25.7. The SMILES string of the molecule is CCCCC1(CCCC)CS(=O)(=O)c2ccc(N(C)C)cc2[C@@H](c2ccc(OCCOCCOCCC)cc2)[C@H]1O. The van der Waals surface area contributed by atoms with Crippen molar-refractivity contribution in [1.82, 2.24) is 0 Å². The van der Waals surface area contributed by atoms with Gasteiger partial charge in [-0.05, 0) is 60.7 Å². The van der Waals surface area contributed by atoms with Gasteiger partial charge in [0.1, 0.15) is 12.4 Å². The Morgan fingerprint density at radius 3 is 2.05 bits per heavy atom. The minimum atomic E-state index is -3.62. The molecule has 2 aromatic rings. The van der Waals surface area contributed by atoms with Gasteiger partial charge in [-0.25, -0.2) is 8.42 Å². The lowest BCUT2D eigenvalue weighted by Gasteiger charge is -2.40. The summed E-state index contributed by atoms with van der Waals surface area (Å²) < 4.78 is 44.9. The molecule has 0 amide bonds. The average Bonchev–Trinajstić information content (AvgIpc) is 3.03. The van der Waals surface area contributed by atoms with Crippen molar-refractivity contribution in [3.8, 4) is 5.75 Å². The minimum Gasteiger partial charge on any atom is -0.491 e. The molecule has 0 bridgehead atoms. The van der Waals surface area contributed by atoms with Crippen LogP contribution in [0.3, 0.4) is 0 Å². The summed E-state index contributed by atoms with van der Waals surface area (Å²) in [5.74, 6) is 0.202. The van der Waals surface area contributed by atoms with Crippen LogP contribution in [0.25, 0.3) is 0 Å². The summed E-state index contributed by atoms with van der Waals surface area (Å²) in [6, 6.07) is 13.3. The summed E-state index contributed by atoms with van der Waals surface area (Å²) in [7, 11) is 0.265. The predicted octanol–water partition coefficient (Wildman–Crippen LogP) is 6.22. The predicted molar refractivity (Wildman–Crippen MR) is 166 cm³/mol. The van der Waals surface area contributed by atoms with Crippen molar-refractivity contribution in [3.05, 3.63) is 53.6 Å². The van der Waals surface area contributed by atoms with Gasteiger partial charge in [-0.2, -0.15) is 0 Å². The van der Waals surface area contributed by atoms with Crippen LogP contribution in [0.1, 0.15) is 82.8 Å². The Labute approximate surface area is 248 Å². The van der Waals surface area contributed by atoms with Crippen LogP contribution in [-0.4, -0.2) is 72.5 Å². The topological polar surface area (TPSA) is 85.3 Å². The van der Waals surface area contributed by atoms with Gasteiger partial charge in [0.25, 0.3) is 0 Å². The number of unbranched alkanes of at least 4 members (excludes halogenated alkanes) is 2. The molecule has 1 aliphatic rings. The third kappa shape index (κ3) is 8.69. The molecule has 0 aliphatic carbocycles. The second kappa shape index (κ2) is 15.9. The molecule has 0 fully saturated rings. The number of benzene rings is 2. The number of fused-ring (bicyclic) bond motifs is 1. The van der Waals surface area contributed by atoms with Gasteiger partial charge in [-0.1, -0.05) is 58.6 Å². The quantitative estimate of drug-likeness (QED) is 0.219. The molecule has 0 saturated carbocycles. The molecule has 7 nitrogen and oxygen atoms in total. The number of hydrogen-bond acceptors (Lipinski definition) is 7. The van der Waals surface area contributed by atoms with Crippen molar-refractivity contribution in [2.45, 2.75) is 82.6 Å². The third-order valence-corrected chi connectivity index (χ3v) is 10.1. The van der Waals surface area contributed by atoms with Crippen LogP contribution < -0.4 is 9.64 Å². The molecule has 1 N–H and O–H groups in total. The molecule has 3 rings (SSSR count). The van der Waals surface area contributed by atoms with E-state index in [0.717, 1.165) is 50.0 Å². The van der Waals surface area contributed by atoms with Crippen molar-refractivity contribution in [2.75, 3.05) is 57.8 Å². The lowest BCUT2D eigenvalue weighted by atomic mass is 9.68. The lowest BCUT2D eigenvalue weighted by Crippen LogP contribution is -2.43. The van der Waals surface area contributed by atoms with Crippen LogP contribution in [0.4, 0.5) is 5.69 Å². The van der Waals surface area contributed by atoms with E-state index < -0.39 is 27.3 Å². The molecular formula is C33H51NO6S. The van der Waals surface area contributed by atoms with E-state index in [1.54, 1.807) is 6.07 Å². The Bertz CT molecular complexity index is 1160. The lowest BCUT2D eigenvalue weighted by molar-refractivity contribution is 0.0127. The number of aliphatic hydroxyl groups excluding tert-OH is 1. The van der Waals surface area contributed by atoms with Gasteiger partial charge < -0.3 is 24.2 Å². The molecule has 8 heteroatoms. The molecule has 41 heavy (non-hydrogen) atoms. The number of ether oxygens (including phenoxy) is 3. The molecule has 0 aromatic heterocycles. The fourth-order valence-corrected chi connectivity index (χ4v) is 8.04. The van der Waals surface area contributed by atoms with Crippen LogP contribution in [0.2, 0.25) is 0 Å². The van der Waals surface area contributed by atoms with Gasteiger partial charge in [0.05, 0.1) is 36.6 Å². The molecule has 1 heterocycles. The van der Waals surface area contributed by atoms with E-state index in [1.807, 2.05) is 55.4 Å². The second-order valence-corrected chi connectivity index (χ2v) is 13.5. The molecule has 0 radical (unpaired) electrons. The van der Waals surface area contributed by atoms with Crippen molar-refractivity contribution >= 4 is 15.5 Å². The first-order valence-electron chi connectivity index (χ1n) is 15.3. The second-order valence-electron chi connectivity index (χ2n) is 11.5. The Kier molecular flexibility index (Phi) is 13.0. The molecule has 0 saturated heterocycles. The summed E-state index contributed by atoms with van der Waals surface area (Å²) in [4.78, 5) is 2.31. The fraction of sp³-hybridized carbons (Fsp3) is 0.636. The van der Waals surface area contributed by atoms with E-state index in [4.69, 9.17) is 14.2 Å². The average molecular weight is 590 g/mol. The summed E-state index contributed by atoms with van der Waals surface area (Å²) in [6.07, 6.45) is 5.16. The number of anilines is 1. The Balaban J connectivity index is 1.94. The van der Waals surface area contributed by atoms with Gasteiger partial charge >= 0.3 is 0 Å². The molecule has 230 valence electrons.